The van der Waals surface area contributed by atoms with Crippen LogP contribution in [0.15, 0.2) is 35.7 Å². The summed E-state index contributed by atoms with van der Waals surface area (Å²) in [5, 5.41) is 5.51. The van der Waals surface area contributed by atoms with Crippen LogP contribution >= 0.6 is 11.3 Å². The predicted molar refractivity (Wildman–Crippen MR) is 90.6 cm³/mol. The summed E-state index contributed by atoms with van der Waals surface area (Å²) in [5.74, 6) is 0.809. The van der Waals surface area contributed by atoms with Crippen LogP contribution in [0.25, 0.3) is 0 Å². The van der Waals surface area contributed by atoms with E-state index in [1.54, 1.807) is 0 Å². The number of anilines is 1. The van der Waals surface area contributed by atoms with Gasteiger partial charge in [0.2, 0.25) is 5.91 Å². The maximum Gasteiger partial charge on any atom is 0.226 e. The first-order chi connectivity index (χ1) is 10.4. The molecule has 0 atom stereocenters. The van der Waals surface area contributed by atoms with Gasteiger partial charge in [-0.25, -0.2) is 4.98 Å². The fourth-order valence-corrected chi connectivity index (χ4v) is 2.75. The van der Waals surface area contributed by atoms with Crippen LogP contribution in [0.1, 0.15) is 39.3 Å². The van der Waals surface area contributed by atoms with Crippen molar-refractivity contribution in [1.29, 1.82) is 0 Å². The molecular formula is C17H22N2O2S. The lowest BCUT2D eigenvalue weighted by Crippen LogP contribution is -2.14. The molecule has 0 radical (unpaired) electrons. The van der Waals surface area contributed by atoms with Crippen molar-refractivity contribution in [2.75, 3.05) is 11.9 Å². The van der Waals surface area contributed by atoms with Crippen LogP contribution in [-0.4, -0.2) is 17.5 Å². The first-order valence-corrected chi connectivity index (χ1v) is 8.27. The number of benzene rings is 1. The molecule has 5 heteroatoms. The average molecular weight is 318 g/mol. The molecule has 1 aromatic carbocycles. The SMILES string of the molecule is CC(C)(C)c1csc(NC(=O)CCCOc2ccccc2)n1. The van der Waals surface area contributed by atoms with Gasteiger partial charge in [-0.1, -0.05) is 39.0 Å². The van der Waals surface area contributed by atoms with Crippen molar-refractivity contribution < 1.29 is 9.53 Å². The molecule has 0 bridgehead atoms. The third-order valence-electron chi connectivity index (χ3n) is 3.08. The summed E-state index contributed by atoms with van der Waals surface area (Å²) >= 11 is 1.47. The van der Waals surface area contributed by atoms with Gasteiger partial charge < -0.3 is 10.1 Å². The molecule has 1 aromatic heterocycles. The van der Waals surface area contributed by atoms with Crippen molar-refractivity contribution >= 4 is 22.4 Å². The van der Waals surface area contributed by atoms with Gasteiger partial charge in [0.15, 0.2) is 5.13 Å². The lowest BCUT2D eigenvalue weighted by atomic mass is 9.93. The standard InChI is InChI=1S/C17H22N2O2S/c1-17(2,3)14-12-22-16(18-14)19-15(20)10-7-11-21-13-8-5-4-6-9-13/h4-6,8-9,12H,7,10-11H2,1-3H3,(H,18,19,20). The first kappa shape index (κ1) is 16.5. The van der Waals surface area contributed by atoms with Crippen LogP contribution in [0.5, 0.6) is 5.75 Å². The normalized spacial score (nSPS) is 11.2. The van der Waals surface area contributed by atoms with Crippen molar-refractivity contribution in [3.63, 3.8) is 0 Å². The number of para-hydroxylation sites is 1. The minimum absolute atomic E-state index is 0.00298. The molecule has 0 aliphatic carbocycles. The Morgan fingerprint density at radius 2 is 2.00 bits per heavy atom. The van der Waals surface area contributed by atoms with E-state index in [0.717, 1.165) is 11.4 Å². The van der Waals surface area contributed by atoms with E-state index in [1.807, 2.05) is 35.7 Å². The Morgan fingerprint density at radius 3 is 2.64 bits per heavy atom. The quantitative estimate of drug-likeness (QED) is 0.811. The second-order valence-electron chi connectivity index (χ2n) is 6.10. The fourth-order valence-electron chi connectivity index (χ4n) is 1.80. The van der Waals surface area contributed by atoms with Gasteiger partial charge in [0, 0.05) is 17.2 Å². The molecule has 22 heavy (non-hydrogen) atoms. The number of carbonyl (C=O) groups is 1. The van der Waals surface area contributed by atoms with Crippen LogP contribution in [-0.2, 0) is 10.2 Å². The molecule has 4 nitrogen and oxygen atoms in total. The molecule has 2 rings (SSSR count). The molecule has 118 valence electrons. The Balaban J connectivity index is 1.71. The summed E-state index contributed by atoms with van der Waals surface area (Å²) in [5.41, 5.74) is 1.00. The van der Waals surface area contributed by atoms with Crippen LogP contribution in [0.2, 0.25) is 0 Å². The first-order valence-electron chi connectivity index (χ1n) is 7.39. The zero-order chi connectivity index (χ0) is 16.0. The largest absolute Gasteiger partial charge is 0.494 e. The number of hydrogen-bond donors (Lipinski definition) is 1. The van der Waals surface area contributed by atoms with E-state index in [-0.39, 0.29) is 11.3 Å². The van der Waals surface area contributed by atoms with Gasteiger partial charge in [0.05, 0.1) is 12.3 Å². The summed E-state index contributed by atoms with van der Waals surface area (Å²) in [6.45, 7) is 6.85. The van der Waals surface area contributed by atoms with E-state index in [4.69, 9.17) is 4.74 Å². The Hall–Kier alpha value is -1.88. The van der Waals surface area contributed by atoms with E-state index in [1.165, 1.54) is 11.3 Å². The summed E-state index contributed by atoms with van der Waals surface area (Å²) in [6.07, 6.45) is 1.11. The minimum atomic E-state index is -0.0218. The molecule has 0 saturated heterocycles. The lowest BCUT2D eigenvalue weighted by molar-refractivity contribution is -0.116. The van der Waals surface area contributed by atoms with Crippen LogP contribution < -0.4 is 10.1 Å². The molecule has 1 heterocycles. The van der Waals surface area contributed by atoms with Gasteiger partial charge in [-0.3, -0.25) is 4.79 Å². The van der Waals surface area contributed by atoms with Crippen molar-refractivity contribution in [3.05, 3.63) is 41.4 Å². The maximum absolute atomic E-state index is 11.9. The molecule has 1 amide bonds. The Kier molecular flexibility index (Phi) is 5.55. The third kappa shape index (κ3) is 5.15. The van der Waals surface area contributed by atoms with Gasteiger partial charge in [-0.15, -0.1) is 11.3 Å². The smallest absolute Gasteiger partial charge is 0.226 e. The van der Waals surface area contributed by atoms with E-state index in [0.29, 0.717) is 24.6 Å². The number of aromatic nitrogens is 1. The number of amides is 1. The van der Waals surface area contributed by atoms with Crippen LogP contribution in [0, 0.1) is 0 Å². The second kappa shape index (κ2) is 7.40. The highest BCUT2D eigenvalue weighted by Crippen LogP contribution is 2.26. The number of hydrogen-bond acceptors (Lipinski definition) is 4. The zero-order valence-corrected chi connectivity index (χ0v) is 14.1. The summed E-state index contributed by atoms with van der Waals surface area (Å²) in [7, 11) is 0. The number of rotatable bonds is 6. The molecule has 0 fully saturated rings. The molecule has 0 aliphatic rings. The molecule has 0 spiro atoms. The molecule has 1 N–H and O–H groups in total. The van der Waals surface area contributed by atoms with Crippen molar-refractivity contribution in [3.8, 4) is 5.75 Å². The van der Waals surface area contributed by atoms with E-state index < -0.39 is 0 Å². The molecule has 0 saturated carbocycles. The van der Waals surface area contributed by atoms with Gasteiger partial charge in [-0.2, -0.15) is 0 Å². The van der Waals surface area contributed by atoms with E-state index in [9.17, 15) is 4.79 Å². The lowest BCUT2D eigenvalue weighted by Gasteiger charge is -2.14. The van der Waals surface area contributed by atoms with Crippen molar-refractivity contribution in [2.45, 2.75) is 39.0 Å². The summed E-state index contributed by atoms with van der Waals surface area (Å²) in [4.78, 5) is 16.3. The monoisotopic (exact) mass is 318 g/mol. The Bertz CT molecular complexity index is 603. The minimum Gasteiger partial charge on any atom is -0.494 e. The Labute approximate surface area is 135 Å². The zero-order valence-electron chi connectivity index (χ0n) is 13.3. The third-order valence-corrected chi connectivity index (χ3v) is 3.84. The predicted octanol–water partition coefficient (Wildman–Crippen LogP) is 4.24. The highest BCUT2D eigenvalue weighted by Gasteiger charge is 2.18. The topological polar surface area (TPSA) is 51.2 Å². The summed E-state index contributed by atoms with van der Waals surface area (Å²) < 4.78 is 5.56. The average Bonchev–Trinajstić information content (AvgIpc) is 2.93. The number of nitrogens with one attached hydrogen (secondary N) is 1. The second-order valence-corrected chi connectivity index (χ2v) is 6.96. The molecule has 2 aromatic rings. The molecule has 0 unspecified atom stereocenters. The fraction of sp³-hybridized carbons (Fsp3) is 0.412. The van der Waals surface area contributed by atoms with Gasteiger partial charge >= 0.3 is 0 Å². The Morgan fingerprint density at radius 1 is 1.27 bits per heavy atom. The van der Waals surface area contributed by atoms with Gasteiger partial charge in [0.1, 0.15) is 5.75 Å². The van der Waals surface area contributed by atoms with Gasteiger partial charge in [0.25, 0.3) is 0 Å². The molecular weight excluding hydrogens is 296 g/mol. The van der Waals surface area contributed by atoms with E-state index >= 15 is 0 Å². The highest BCUT2D eigenvalue weighted by atomic mass is 32.1. The summed E-state index contributed by atoms with van der Waals surface area (Å²) in [6, 6.07) is 9.61. The van der Waals surface area contributed by atoms with Crippen molar-refractivity contribution in [2.24, 2.45) is 0 Å². The number of ether oxygens (including phenoxy) is 1. The van der Waals surface area contributed by atoms with E-state index in [2.05, 4.69) is 31.1 Å². The highest BCUT2D eigenvalue weighted by molar-refractivity contribution is 7.13. The van der Waals surface area contributed by atoms with Crippen molar-refractivity contribution in [1.82, 2.24) is 4.98 Å². The number of thiazole rings is 1. The molecule has 0 aliphatic heterocycles. The van der Waals surface area contributed by atoms with Crippen LogP contribution in [0.4, 0.5) is 5.13 Å². The number of carbonyl (C=O) groups excluding carboxylic acids is 1. The number of nitrogens with zero attached hydrogens (tertiary/aromatic N) is 1. The van der Waals surface area contributed by atoms with Crippen LogP contribution in [0.3, 0.4) is 0 Å². The van der Waals surface area contributed by atoms with Gasteiger partial charge in [-0.05, 0) is 18.6 Å². The maximum atomic E-state index is 11.9.